The number of rotatable bonds is 5. The van der Waals surface area contributed by atoms with Crippen LogP contribution in [0.1, 0.15) is 27.0 Å². The van der Waals surface area contributed by atoms with Crippen molar-refractivity contribution in [1.29, 1.82) is 0 Å². The van der Waals surface area contributed by atoms with Crippen molar-refractivity contribution in [1.82, 2.24) is 15.2 Å². The molecule has 0 aliphatic carbocycles. The molecule has 1 atom stereocenters. The van der Waals surface area contributed by atoms with Gasteiger partial charge in [0.25, 0.3) is 5.91 Å². The zero-order chi connectivity index (χ0) is 15.4. The van der Waals surface area contributed by atoms with Gasteiger partial charge in [0.15, 0.2) is 0 Å². The van der Waals surface area contributed by atoms with E-state index in [0.29, 0.717) is 17.1 Å². The van der Waals surface area contributed by atoms with Crippen molar-refractivity contribution in [3.8, 4) is 0 Å². The molecule has 4 nitrogen and oxygen atoms in total. The SMILES string of the molecule is Cc1cc(Cl)c(C(=O)NCC(c2cccs2)N(C)C)cn1. The van der Waals surface area contributed by atoms with Crippen LogP contribution in [0.5, 0.6) is 0 Å². The number of pyridine rings is 1. The first-order valence-corrected chi connectivity index (χ1v) is 7.85. The van der Waals surface area contributed by atoms with Crippen molar-refractivity contribution >= 4 is 28.8 Å². The first-order valence-electron chi connectivity index (χ1n) is 6.59. The maximum Gasteiger partial charge on any atom is 0.254 e. The van der Waals surface area contributed by atoms with Crippen molar-refractivity contribution in [2.75, 3.05) is 20.6 Å². The molecule has 0 fully saturated rings. The van der Waals surface area contributed by atoms with Gasteiger partial charge in [-0.15, -0.1) is 11.3 Å². The fourth-order valence-corrected chi connectivity index (χ4v) is 3.21. The van der Waals surface area contributed by atoms with Gasteiger partial charge in [0.2, 0.25) is 0 Å². The van der Waals surface area contributed by atoms with Gasteiger partial charge >= 0.3 is 0 Å². The van der Waals surface area contributed by atoms with E-state index in [0.717, 1.165) is 5.69 Å². The first kappa shape index (κ1) is 15.9. The molecule has 0 aliphatic heterocycles. The number of aromatic nitrogens is 1. The summed E-state index contributed by atoms with van der Waals surface area (Å²) in [7, 11) is 3.99. The van der Waals surface area contributed by atoms with E-state index in [-0.39, 0.29) is 11.9 Å². The molecule has 6 heteroatoms. The van der Waals surface area contributed by atoms with Gasteiger partial charge in [0.05, 0.1) is 16.6 Å². The summed E-state index contributed by atoms with van der Waals surface area (Å²) in [4.78, 5) is 19.6. The lowest BCUT2D eigenvalue weighted by molar-refractivity contribution is 0.0942. The highest BCUT2D eigenvalue weighted by Crippen LogP contribution is 2.22. The number of halogens is 1. The lowest BCUT2D eigenvalue weighted by Gasteiger charge is -2.23. The Kier molecular flexibility index (Phi) is 5.33. The number of hydrogen-bond acceptors (Lipinski definition) is 4. The molecule has 0 radical (unpaired) electrons. The van der Waals surface area contributed by atoms with Crippen LogP contribution in [-0.2, 0) is 0 Å². The van der Waals surface area contributed by atoms with Gasteiger partial charge in [-0.2, -0.15) is 0 Å². The van der Waals surface area contributed by atoms with E-state index >= 15 is 0 Å². The Morgan fingerprint density at radius 1 is 1.52 bits per heavy atom. The second-order valence-electron chi connectivity index (χ2n) is 5.01. The molecule has 1 unspecified atom stereocenters. The summed E-state index contributed by atoms with van der Waals surface area (Å²) in [6.07, 6.45) is 1.52. The smallest absolute Gasteiger partial charge is 0.254 e. The second kappa shape index (κ2) is 7.02. The minimum atomic E-state index is -0.198. The Bertz CT molecular complexity index is 613. The number of carbonyl (C=O) groups excluding carboxylic acids is 1. The molecule has 0 spiro atoms. The Balaban J connectivity index is 2.05. The van der Waals surface area contributed by atoms with Crippen molar-refractivity contribution < 1.29 is 4.79 Å². The zero-order valence-electron chi connectivity index (χ0n) is 12.3. The van der Waals surface area contributed by atoms with Gasteiger partial charge in [-0.25, -0.2) is 0 Å². The van der Waals surface area contributed by atoms with Crippen LogP contribution in [-0.4, -0.2) is 36.4 Å². The normalized spacial score (nSPS) is 12.4. The van der Waals surface area contributed by atoms with Crippen LogP contribution in [0.25, 0.3) is 0 Å². The minimum Gasteiger partial charge on any atom is -0.350 e. The summed E-state index contributed by atoms with van der Waals surface area (Å²) in [5.41, 5.74) is 1.20. The zero-order valence-corrected chi connectivity index (χ0v) is 13.8. The number of hydrogen-bond donors (Lipinski definition) is 1. The van der Waals surface area contributed by atoms with Gasteiger partial charge in [0.1, 0.15) is 0 Å². The molecule has 2 heterocycles. The molecule has 0 saturated carbocycles. The predicted molar refractivity (Wildman–Crippen MR) is 87.1 cm³/mol. The molecule has 112 valence electrons. The van der Waals surface area contributed by atoms with Crippen molar-refractivity contribution in [2.24, 2.45) is 0 Å². The largest absolute Gasteiger partial charge is 0.350 e. The first-order chi connectivity index (χ1) is 9.99. The number of nitrogens with one attached hydrogen (secondary N) is 1. The van der Waals surface area contributed by atoms with Gasteiger partial charge in [-0.1, -0.05) is 17.7 Å². The molecular formula is C15H18ClN3OS. The number of likely N-dealkylation sites (N-methyl/N-ethyl adjacent to an activating group) is 1. The van der Waals surface area contributed by atoms with Crippen molar-refractivity contribution in [3.63, 3.8) is 0 Å². The molecule has 2 aromatic heterocycles. The standard InChI is InChI=1S/C15H18ClN3OS/c1-10-7-12(16)11(8-17-10)15(20)18-9-13(19(2)3)14-5-4-6-21-14/h4-8,13H,9H2,1-3H3,(H,18,20). The fourth-order valence-electron chi connectivity index (χ4n) is 2.00. The van der Waals surface area contributed by atoms with E-state index in [1.807, 2.05) is 32.5 Å². The topological polar surface area (TPSA) is 45.2 Å². The summed E-state index contributed by atoms with van der Waals surface area (Å²) in [6.45, 7) is 2.36. The highest BCUT2D eigenvalue weighted by atomic mass is 35.5. The third-order valence-corrected chi connectivity index (χ3v) is 4.47. The number of amides is 1. The fraction of sp³-hybridized carbons (Fsp3) is 0.333. The monoisotopic (exact) mass is 323 g/mol. The van der Waals surface area contributed by atoms with Crippen LogP contribution < -0.4 is 5.32 Å². The molecule has 2 rings (SSSR count). The number of thiophene rings is 1. The van der Waals surface area contributed by atoms with Crippen molar-refractivity contribution in [2.45, 2.75) is 13.0 Å². The second-order valence-corrected chi connectivity index (χ2v) is 6.40. The molecule has 0 saturated heterocycles. The van der Waals surface area contributed by atoms with Crippen LogP contribution in [0.4, 0.5) is 0 Å². The molecule has 1 amide bonds. The third-order valence-electron chi connectivity index (χ3n) is 3.19. The van der Waals surface area contributed by atoms with E-state index in [1.54, 1.807) is 17.4 Å². The number of carbonyl (C=O) groups is 1. The van der Waals surface area contributed by atoms with Gasteiger partial charge in [-0.3, -0.25) is 9.78 Å². The van der Waals surface area contributed by atoms with Crippen LogP contribution in [0.3, 0.4) is 0 Å². The van der Waals surface area contributed by atoms with E-state index in [2.05, 4.69) is 21.3 Å². The maximum atomic E-state index is 12.2. The quantitative estimate of drug-likeness (QED) is 0.919. The molecular weight excluding hydrogens is 306 g/mol. The molecule has 1 N–H and O–H groups in total. The minimum absolute atomic E-state index is 0.145. The third kappa shape index (κ3) is 4.03. The highest BCUT2D eigenvalue weighted by Gasteiger charge is 2.18. The van der Waals surface area contributed by atoms with E-state index in [1.165, 1.54) is 11.1 Å². The Morgan fingerprint density at radius 3 is 2.86 bits per heavy atom. The Morgan fingerprint density at radius 2 is 2.29 bits per heavy atom. The predicted octanol–water partition coefficient (Wildman–Crippen LogP) is 3.14. The van der Waals surface area contributed by atoms with Crippen LogP contribution in [0.15, 0.2) is 29.8 Å². The maximum absolute atomic E-state index is 12.2. The van der Waals surface area contributed by atoms with E-state index in [4.69, 9.17) is 11.6 Å². The molecule has 0 aromatic carbocycles. The van der Waals surface area contributed by atoms with Gasteiger partial charge in [0, 0.05) is 23.3 Å². The average Bonchev–Trinajstić information content (AvgIpc) is 2.92. The van der Waals surface area contributed by atoms with E-state index < -0.39 is 0 Å². The summed E-state index contributed by atoms with van der Waals surface area (Å²) in [5, 5.41) is 5.39. The molecule has 0 bridgehead atoms. The van der Waals surface area contributed by atoms with Crippen LogP contribution >= 0.6 is 22.9 Å². The number of aryl methyl sites for hydroxylation is 1. The molecule has 21 heavy (non-hydrogen) atoms. The van der Waals surface area contributed by atoms with Crippen LogP contribution in [0.2, 0.25) is 5.02 Å². The lowest BCUT2D eigenvalue weighted by Crippen LogP contribution is -2.34. The van der Waals surface area contributed by atoms with Crippen molar-refractivity contribution in [3.05, 3.63) is 50.9 Å². The van der Waals surface area contributed by atoms with E-state index in [9.17, 15) is 4.79 Å². The Labute approximate surface area is 133 Å². The van der Waals surface area contributed by atoms with Gasteiger partial charge in [-0.05, 0) is 38.5 Å². The molecule has 0 aliphatic rings. The lowest BCUT2D eigenvalue weighted by atomic mass is 10.2. The summed E-state index contributed by atoms with van der Waals surface area (Å²) >= 11 is 7.77. The Hall–Kier alpha value is -1.43. The summed E-state index contributed by atoms with van der Waals surface area (Å²) < 4.78 is 0. The summed E-state index contributed by atoms with van der Waals surface area (Å²) in [6, 6.07) is 5.92. The molecule has 2 aromatic rings. The average molecular weight is 324 g/mol. The summed E-state index contributed by atoms with van der Waals surface area (Å²) in [5.74, 6) is -0.198. The highest BCUT2D eigenvalue weighted by molar-refractivity contribution is 7.10. The van der Waals surface area contributed by atoms with Crippen LogP contribution in [0, 0.1) is 6.92 Å². The van der Waals surface area contributed by atoms with Gasteiger partial charge < -0.3 is 10.2 Å². The number of nitrogens with zero attached hydrogens (tertiary/aromatic N) is 2.